The van der Waals surface area contributed by atoms with Gasteiger partial charge in [-0.25, -0.2) is 0 Å². The Morgan fingerprint density at radius 1 is 0.229 bits per heavy atom. The van der Waals surface area contributed by atoms with Gasteiger partial charge in [-0.2, -0.15) is 0 Å². The molecule has 6 aromatic carbocycles. The number of rotatable bonds is 0. The van der Waals surface area contributed by atoms with E-state index in [-0.39, 0.29) is 88.0 Å². The molecule has 14 bridgehead atoms. The summed E-state index contributed by atoms with van der Waals surface area (Å²) >= 11 is 0. The molecule has 0 fully saturated rings. The van der Waals surface area contributed by atoms with Crippen molar-refractivity contribution in [2.75, 3.05) is 52.9 Å². The topological polar surface area (TPSA) is 127 Å². The van der Waals surface area contributed by atoms with Crippen molar-refractivity contribution in [1.82, 2.24) is 0 Å². The maximum atomic E-state index is 12.9. The molecule has 8 rings (SSSR count). The van der Waals surface area contributed by atoms with Crippen LogP contribution in [0.1, 0.15) is 225 Å². The molecule has 1 aliphatic carbocycles. The molecule has 0 amide bonds. The Hall–Kier alpha value is -6.00. The van der Waals surface area contributed by atoms with Crippen LogP contribution in [0.4, 0.5) is 0 Å². The summed E-state index contributed by atoms with van der Waals surface area (Å²) < 4.78 is 32.2. The molecule has 0 saturated heterocycles. The molecule has 0 radical (unpaired) electrons. The Kier molecular flexibility index (Phi) is 18.4. The van der Waals surface area contributed by atoms with Crippen LogP contribution in [0.15, 0.2) is 72.8 Å². The summed E-state index contributed by atoms with van der Waals surface area (Å²) in [7, 11) is 0. The summed E-state index contributed by atoms with van der Waals surface area (Å²) in [5.41, 5.74) is 14.2. The van der Waals surface area contributed by atoms with E-state index in [1.165, 1.54) is 0 Å². The van der Waals surface area contributed by atoms with E-state index in [1.54, 1.807) is 0 Å². The second-order valence-electron chi connectivity index (χ2n) is 29.9. The molecular weight excluding hydrogens is 1030 g/mol. The van der Waals surface area contributed by atoms with Crippen LogP contribution in [-0.4, -0.2) is 73.3 Å². The molecule has 2 aliphatic rings. The van der Waals surface area contributed by atoms with Gasteiger partial charge in [0.1, 0.15) is 47.7 Å². The number of aromatic hydroxyl groups is 4. The van der Waals surface area contributed by atoms with Crippen molar-refractivity contribution in [2.45, 2.75) is 196 Å². The van der Waals surface area contributed by atoms with Crippen molar-refractivity contribution in [1.29, 1.82) is 0 Å². The van der Waals surface area contributed by atoms with Crippen LogP contribution in [0.3, 0.4) is 0 Å². The quantitative estimate of drug-likeness (QED) is 0.117. The number of benzene rings is 6. The van der Waals surface area contributed by atoms with Crippen molar-refractivity contribution in [3.8, 4) is 34.5 Å². The van der Waals surface area contributed by atoms with E-state index in [0.29, 0.717) is 92.3 Å². The maximum absolute atomic E-state index is 12.9. The molecule has 1 aliphatic heterocycles. The Bertz CT molecular complexity index is 3100. The van der Waals surface area contributed by atoms with Crippen LogP contribution in [0.25, 0.3) is 0 Å². The van der Waals surface area contributed by atoms with Gasteiger partial charge >= 0.3 is 0 Å². The number of phenolic OH excluding ortho intramolecular Hbond substituents is 4. The zero-order chi connectivity index (χ0) is 60.8. The van der Waals surface area contributed by atoms with Crippen LogP contribution >= 0.6 is 0 Å². The zero-order valence-corrected chi connectivity index (χ0v) is 53.7. The van der Waals surface area contributed by atoms with Crippen molar-refractivity contribution in [2.24, 2.45) is 0 Å². The van der Waals surface area contributed by atoms with Gasteiger partial charge in [-0.3, -0.25) is 0 Å². The molecule has 0 spiro atoms. The minimum atomic E-state index is -0.302. The number of hydrogen-bond donors (Lipinski definition) is 4. The zero-order valence-electron chi connectivity index (χ0n) is 53.7. The lowest BCUT2D eigenvalue weighted by Gasteiger charge is -2.28. The number of hydrogen-bond acceptors (Lipinski definition) is 9. The van der Waals surface area contributed by atoms with Crippen molar-refractivity contribution in [3.63, 3.8) is 0 Å². The van der Waals surface area contributed by atoms with Gasteiger partial charge in [-0.1, -0.05) is 197 Å². The highest BCUT2D eigenvalue weighted by molar-refractivity contribution is 5.61. The molecule has 1 heterocycles. The van der Waals surface area contributed by atoms with Crippen LogP contribution in [0.5, 0.6) is 34.5 Å². The van der Waals surface area contributed by atoms with E-state index in [2.05, 4.69) is 197 Å². The SMILES string of the molecule is CC(C)(C)c1cc2c(O)c(c1)Cc1cc(C(C)(C)C)cc(c1O)Cc1cc(C(C)(C)C)cc3c1OCCOCCOCCOCCOc1c(cc(C(C)(C)C)cc1C3)Cc1cc(C(C)(C)C)cc(c1O)Cc1cc(C(C)(C)C)cc(c1O)C2. The van der Waals surface area contributed by atoms with Gasteiger partial charge in [0, 0.05) is 38.5 Å². The second-order valence-corrected chi connectivity index (χ2v) is 29.9. The first-order valence-corrected chi connectivity index (χ1v) is 30.3. The fourth-order valence-electron chi connectivity index (χ4n) is 11.3. The molecule has 0 atom stereocenters. The molecule has 9 heteroatoms. The standard InChI is InChI=1S/C74H98O9/c1-69(2,3)57-33-45-27-46-34-58(70(4,5)6)36-48(64(46)76)29-50-38-60(72(10,11)12)40-52(66(50)78)31-54-42-62(74(16,17)18)44-56-32-55-43-61(73(13,14)15)41-53(67(55)82-25-23-80-21-19-79-20-22-81-24-26-83-68(54)56)30-51-39-59(71(7,8)9)37-49(65(51)77)28-47(35-57)63(45)75/h33-44,75-78H,19-32H2,1-18H3. The van der Waals surface area contributed by atoms with Crippen molar-refractivity contribution in [3.05, 3.63) is 173 Å². The van der Waals surface area contributed by atoms with Gasteiger partial charge in [0.05, 0.1) is 39.6 Å². The molecule has 4 N–H and O–H groups in total. The summed E-state index contributed by atoms with van der Waals surface area (Å²) in [5, 5.41) is 51.1. The summed E-state index contributed by atoms with van der Waals surface area (Å²) in [4.78, 5) is 0. The molecular formula is C74H98O9. The summed E-state index contributed by atoms with van der Waals surface area (Å²) in [6, 6.07) is 25.9. The molecule has 0 unspecified atom stereocenters. The summed E-state index contributed by atoms with van der Waals surface area (Å²) in [6.45, 7) is 42.5. The lowest BCUT2D eigenvalue weighted by Crippen LogP contribution is -2.18. The summed E-state index contributed by atoms with van der Waals surface area (Å²) in [6.07, 6.45) is 1.92. The summed E-state index contributed by atoms with van der Waals surface area (Å²) in [5.74, 6) is 2.08. The van der Waals surface area contributed by atoms with E-state index in [4.69, 9.17) is 23.7 Å². The third kappa shape index (κ3) is 15.1. The predicted molar refractivity (Wildman–Crippen MR) is 338 cm³/mol. The fourth-order valence-corrected chi connectivity index (χ4v) is 11.3. The highest BCUT2D eigenvalue weighted by Gasteiger charge is 2.30. The van der Waals surface area contributed by atoms with Gasteiger partial charge in [0.15, 0.2) is 0 Å². The monoisotopic (exact) mass is 1130 g/mol. The smallest absolute Gasteiger partial charge is 0.126 e. The van der Waals surface area contributed by atoms with Crippen LogP contribution in [-0.2, 0) is 85.2 Å². The molecule has 448 valence electrons. The Balaban J connectivity index is 1.49. The van der Waals surface area contributed by atoms with Crippen molar-refractivity contribution < 1.29 is 44.1 Å². The number of phenols is 4. The average molecular weight is 1130 g/mol. The first-order valence-electron chi connectivity index (χ1n) is 30.3. The second kappa shape index (κ2) is 24.2. The molecule has 9 nitrogen and oxygen atoms in total. The Morgan fingerprint density at radius 2 is 0.373 bits per heavy atom. The number of fused-ring (bicyclic) bond motifs is 8. The van der Waals surface area contributed by atoms with Crippen LogP contribution < -0.4 is 9.47 Å². The Labute approximate surface area is 497 Å². The molecule has 0 saturated carbocycles. The normalized spacial score (nSPS) is 15.9. The highest BCUT2D eigenvalue weighted by Crippen LogP contribution is 2.45. The third-order valence-corrected chi connectivity index (χ3v) is 16.7. The highest BCUT2D eigenvalue weighted by atomic mass is 16.6. The van der Waals surface area contributed by atoms with E-state index < -0.39 is 0 Å². The molecule has 83 heavy (non-hydrogen) atoms. The average Bonchev–Trinajstić information content (AvgIpc) is 2.86. The molecule has 0 aromatic heterocycles. The van der Waals surface area contributed by atoms with Crippen molar-refractivity contribution >= 4 is 0 Å². The van der Waals surface area contributed by atoms with E-state index >= 15 is 0 Å². The fraction of sp³-hybridized carbons (Fsp3) is 0.514. The largest absolute Gasteiger partial charge is 0.507 e. The van der Waals surface area contributed by atoms with Gasteiger partial charge < -0.3 is 44.1 Å². The first kappa shape index (κ1) is 63.0. The molecule has 6 aromatic rings. The predicted octanol–water partition coefficient (Wildman–Crippen LogP) is 16.0. The Morgan fingerprint density at radius 3 is 0.554 bits per heavy atom. The lowest BCUT2D eigenvalue weighted by atomic mass is 9.79. The maximum Gasteiger partial charge on any atom is 0.126 e. The van der Waals surface area contributed by atoms with Crippen LogP contribution in [0.2, 0.25) is 0 Å². The van der Waals surface area contributed by atoms with E-state index in [0.717, 1.165) is 78.3 Å². The van der Waals surface area contributed by atoms with Gasteiger partial charge in [-0.05, 0) is 133 Å². The van der Waals surface area contributed by atoms with Gasteiger partial charge in [-0.15, -0.1) is 0 Å². The third-order valence-electron chi connectivity index (χ3n) is 16.7. The van der Waals surface area contributed by atoms with Crippen LogP contribution in [0, 0.1) is 0 Å². The minimum absolute atomic E-state index is 0.134. The van der Waals surface area contributed by atoms with Gasteiger partial charge in [0.25, 0.3) is 0 Å². The van der Waals surface area contributed by atoms with Gasteiger partial charge in [0.2, 0.25) is 0 Å². The lowest BCUT2D eigenvalue weighted by molar-refractivity contribution is 0.00474. The van der Waals surface area contributed by atoms with E-state index in [1.807, 2.05) is 0 Å². The van der Waals surface area contributed by atoms with E-state index in [9.17, 15) is 20.4 Å². The first-order chi connectivity index (χ1) is 38.6. The number of ether oxygens (including phenoxy) is 5. The minimum Gasteiger partial charge on any atom is -0.507 e.